The summed E-state index contributed by atoms with van der Waals surface area (Å²) in [7, 11) is 0. The second-order valence-electron chi connectivity index (χ2n) is 6.81. The first-order chi connectivity index (χ1) is 12.5. The van der Waals surface area contributed by atoms with Crippen molar-refractivity contribution in [2.45, 2.75) is 45.8 Å². The van der Waals surface area contributed by atoms with Crippen LogP contribution < -0.4 is 10.2 Å². The van der Waals surface area contributed by atoms with Gasteiger partial charge in [-0.25, -0.2) is 4.39 Å². The highest BCUT2D eigenvalue weighted by Gasteiger charge is 2.24. The first kappa shape index (κ1) is 18.4. The lowest BCUT2D eigenvalue weighted by molar-refractivity contribution is -0.00539. The van der Waals surface area contributed by atoms with Crippen molar-refractivity contribution in [3.8, 4) is 0 Å². The molecule has 2 heterocycles. The monoisotopic (exact) mass is 360 g/mol. The molecular formula is C19H25FN4O2. The quantitative estimate of drug-likeness (QED) is 0.858. The Morgan fingerprint density at radius 1 is 1.35 bits per heavy atom. The summed E-state index contributed by atoms with van der Waals surface area (Å²) in [6.45, 7) is 7.29. The maximum absolute atomic E-state index is 14.6. The van der Waals surface area contributed by atoms with Gasteiger partial charge in [0.15, 0.2) is 5.69 Å². The van der Waals surface area contributed by atoms with E-state index in [0.717, 1.165) is 18.5 Å². The van der Waals surface area contributed by atoms with Gasteiger partial charge in [-0.2, -0.15) is 5.10 Å². The summed E-state index contributed by atoms with van der Waals surface area (Å²) in [6, 6.07) is 6.47. The maximum Gasteiger partial charge on any atom is 0.276 e. The van der Waals surface area contributed by atoms with Crippen LogP contribution in [0, 0.1) is 5.82 Å². The van der Waals surface area contributed by atoms with Crippen LogP contribution in [0.5, 0.6) is 0 Å². The summed E-state index contributed by atoms with van der Waals surface area (Å²) in [5, 5.41) is 9.55. The molecule has 2 aromatic rings. The van der Waals surface area contributed by atoms with Gasteiger partial charge in [0, 0.05) is 24.5 Å². The number of hydrogen-bond acceptors (Lipinski definition) is 4. The number of amides is 1. The van der Waals surface area contributed by atoms with E-state index in [1.807, 2.05) is 18.7 Å². The van der Waals surface area contributed by atoms with Crippen molar-refractivity contribution >= 4 is 17.3 Å². The van der Waals surface area contributed by atoms with Crippen LogP contribution in [0.4, 0.5) is 15.8 Å². The molecule has 7 heteroatoms. The first-order valence-corrected chi connectivity index (χ1v) is 9.02. The number of H-pyrrole nitrogens is 1. The molecule has 3 rings (SSSR count). The van der Waals surface area contributed by atoms with E-state index in [1.165, 1.54) is 6.07 Å². The van der Waals surface area contributed by atoms with Gasteiger partial charge in [-0.1, -0.05) is 13.3 Å². The van der Waals surface area contributed by atoms with Crippen molar-refractivity contribution in [1.82, 2.24) is 10.2 Å². The van der Waals surface area contributed by atoms with Crippen molar-refractivity contribution in [2.24, 2.45) is 0 Å². The Kier molecular flexibility index (Phi) is 5.56. The lowest BCUT2D eigenvalue weighted by atomic mass is 10.1. The van der Waals surface area contributed by atoms with Crippen molar-refractivity contribution < 1.29 is 13.9 Å². The fourth-order valence-corrected chi connectivity index (χ4v) is 3.29. The van der Waals surface area contributed by atoms with Crippen LogP contribution >= 0.6 is 0 Å². The van der Waals surface area contributed by atoms with Crippen LogP contribution in [-0.4, -0.2) is 41.4 Å². The molecule has 2 unspecified atom stereocenters. The number of morpholine rings is 1. The molecular weight excluding hydrogens is 335 g/mol. The summed E-state index contributed by atoms with van der Waals surface area (Å²) in [4.78, 5) is 14.2. The molecule has 1 amide bonds. The van der Waals surface area contributed by atoms with Crippen LogP contribution in [0.15, 0.2) is 24.3 Å². The van der Waals surface area contributed by atoms with E-state index < -0.39 is 0 Å². The lowest BCUT2D eigenvalue weighted by Crippen LogP contribution is -2.45. The molecule has 1 fully saturated rings. The molecule has 6 nitrogen and oxygen atoms in total. The van der Waals surface area contributed by atoms with Gasteiger partial charge in [-0.3, -0.25) is 9.89 Å². The highest BCUT2D eigenvalue weighted by molar-refractivity contribution is 6.03. The summed E-state index contributed by atoms with van der Waals surface area (Å²) in [6.07, 6.45) is 1.90. The van der Waals surface area contributed by atoms with E-state index >= 15 is 0 Å². The van der Waals surface area contributed by atoms with Crippen molar-refractivity contribution in [1.29, 1.82) is 0 Å². The highest BCUT2D eigenvalue weighted by atomic mass is 19.1. The Labute approximate surface area is 152 Å². The van der Waals surface area contributed by atoms with E-state index in [4.69, 9.17) is 4.74 Å². The van der Waals surface area contributed by atoms with E-state index in [2.05, 4.69) is 22.4 Å². The zero-order valence-corrected chi connectivity index (χ0v) is 15.4. The molecule has 26 heavy (non-hydrogen) atoms. The second kappa shape index (κ2) is 7.86. The zero-order valence-electron chi connectivity index (χ0n) is 15.4. The number of aromatic amines is 1. The Hall–Kier alpha value is -2.41. The van der Waals surface area contributed by atoms with Gasteiger partial charge in [0.1, 0.15) is 5.82 Å². The van der Waals surface area contributed by atoms with Crippen LogP contribution in [0.25, 0.3) is 0 Å². The van der Waals surface area contributed by atoms with Gasteiger partial charge >= 0.3 is 0 Å². The zero-order chi connectivity index (χ0) is 18.7. The van der Waals surface area contributed by atoms with Crippen LogP contribution in [0.3, 0.4) is 0 Å². The number of benzene rings is 1. The number of nitrogens with one attached hydrogen (secondary N) is 2. The molecule has 2 N–H and O–H groups in total. The molecule has 1 aromatic carbocycles. The highest BCUT2D eigenvalue weighted by Crippen LogP contribution is 2.26. The van der Waals surface area contributed by atoms with Gasteiger partial charge in [0.2, 0.25) is 0 Å². The van der Waals surface area contributed by atoms with Crippen molar-refractivity contribution in [2.75, 3.05) is 23.3 Å². The van der Waals surface area contributed by atoms with E-state index in [-0.39, 0.29) is 23.9 Å². The third kappa shape index (κ3) is 4.22. The second-order valence-corrected chi connectivity index (χ2v) is 6.81. The number of carbonyl (C=O) groups excluding carboxylic acids is 1. The van der Waals surface area contributed by atoms with Gasteiger partial charge in [-0.15, -0.1) is 0 Å². The average molecular weight is 360 g/mol. The fraction of sp³-hybridized carbons (Fsp3) is 0.474. The minimum atomic E-state index is -0.363. The van der Waals surface area contributed by atoms with Crippen LogP contribution in [0.1, 0.15) is 43.4 Å². The largest absolute Gasteiger partial charge is 0.372 e. The van der Waals surface area contributed by atoms with Gasteiger partial charge in [-0.05, 0) is 44.5 Å². The maximum atomic E-state index is 14.6. The van der Waals surface area contributed by atoms with Crippen LogP contribution in [-0.2, 0) is 11.2 Å². The number of aryl methyl sites for hydroxylation is 1. The van der Waals surface area contributed by atoms with E-state index in [1.54, 1.807) is 18.2 Å². The number of nitrogens with zero attached hydrogens (tertiary/aromatic N) is 2. The summed E-state index contributed by atoms with van der Waals surface area (Å²) in [5.41, 5.74) is 2.14. The number of anilines is 2. The predicted octanol–water partition coefficient (Wildman–Crippen LogP) is 3.37. The predicted molar refractivity (Wildman–Crippen MR) is 99.2 cm³/mol. The molecule has 1 aromatic heterocycles. The summed E-state index contributed by atoms with van der Waals surface area (Å²) >= 11 is 0. The molecule has 1 aliphatic rings. The molecule has 0 radical (unpaired) electrons. The van der Waals surface area contributed by atoms with Crippen molar-refractivity contribution in [3.05, 3.63) is 41.5 Å². The van der Waals surface area contributed by atoms with Gasteiger partial charge in [0.05, 0.1) is 17.9 Å². The number of ether oxygens (including phenoxy) is 1. The third-order valence-electron chi connectivity index (χ3n) is 4.35. The Morgan fingerprint density at radius 3 is 2.73 bits per heavy atom. The first-order valence-electron chi connectivity index (χ1n) is 9.02. The average Bonchev–Trinajstić information content (AvgIpc) is 3.03. The number of hydrogen-bond donors (Lipinski definition) is 2. The SMILES string of the molecule is CCCc1cc(C(=O)Nc2ccc(N3CC(C)OC(C)C3)c(F)c2)n[nH]1. The topological polar surface area (TPSA) is 70.2 Å². The third-order valence-corrected chi connectivity index (χ3v) is 4.35. The fourth-order valence-electron chi connectivity index (χ4n) is 3.29. The normalized spacial score (nSPS) is 20.2. The summed E-state index contributed by atoms with van der Waals surface area (Å²) < 4.78 is 20.3. The van der Waals surface area contributed by atoms with Gasteiger partial charge in [0.25, 0.3) is 5.91 Å². The molecule has 0 saturated carbocycles. The van der Waals surface area contributed by atoms with Crippen LogP contribution in [0.2, 0.25) is 0 Å². The number of halogens is 1. The standard InChI is InChI=1S/C19H25FN4O2/c1-4-5-15-9-17(23-22-15)19(25)21-14-6-7-18(16(20)8-14)24-10-12(2)26-13(3)11-24/h6-9,12-13H,4-5,10-11H2,1-3H3,(H,21,25)(H,22,23). The summed E-state index contributed by atoms with van der Waals surface area (Å²) in [5.74, 6) is -0.720. The minimum absolute atomic E-state index is 0.0505. The molecule has 0 aliphatic carbocycles. The molecule has 0 spiro atoms. The van der Waals surface area contributed by atoms with Crippen molar-refractivity contribution in [3.63, 3.8) is 0 Å². The Morgan fingerprint density at radius 2 is 2.08 bits per heavy atom. The molecule has 1 aliphatic heterocycles. The Bertz CT molecular complexity index is 767. The smallest absolute Gasteiger partial charge is 0.276 e. The molecule has 140 valence electrons. The molecule has 1 saturated heterocycles. The molecule has 2 atom stereocenters. The molecule has 0 bridgehead atoms. The van der Waals surface area contributed by atoms with E-state index in [9.17, 15) is 9.18 Å². The minimum Gasteiger partial charge on any atom is -0.372 e. The number of rotatable bonds is 5. The Balaban J connectivity index is 1.69. The van der Waals surface area contributed by atoms with Gasteiger partial charge < -0.3 is 15.0 Å². The number of carbonyl (C=O) groups is 1. The van der Waals surface area contributed by atoms with E-state index in [0.29, 0.717) is 30.2 Å². The lowest BCUT2D eigenvalue weighted by Gasteiger charge is -2.37. The number of aromatic nitrogens is 2.